The Balaban J connectivity index is 2.10. The van der Waals surface area contributed by atoms with Gasteiger partial charge in [0.05, 0.1) is 12.6 Å². The van der Waals surface area contributed by atoms with Gasteiger partial charge in [-0.3, -0.25) is 4.79 Å². The average Bonchev–Trinajstić information content (AvgIpc) is 2.36. The third kappa shape index (κ3) is 0.814. The highest BCUT2D eigenvalue weighted by molar-refractivity contribution is 5.78. The van der Waals surface area contributed by atoms with E-state index >= 15 is 0 Å². The van der Waals surface area contributed by atoms with Gasteiger partial charge in [-0.15, -0.1) is 0 Å². The molecule has 3 nitrogen and oxygen atoms in total. The Labute approximate surface area is 60.4 Å². The molecule has 2 N–H and O–H groups in total. The van der Waals surface area contributed by atoms with Crippen LogP contribution in [0.1, 0.15) is 12.8 Å². The maximum absolute atomic E-state index is 11.2. The fraction of sp³-hybridized carbons (Fsp3) is 0.857. The van der Waals surface area contributed by atoms with Crippen LogP contribution in [0.2, 0.25) is 0 Å². The number of carbonyl (C=O) groups excluding carboxylic acids is 1. The fourth-order valence-corrected chi connectivity index (χ4v) is 1.93. The molecule has 1 atom stereocenters. The zero-order valence-electron chi connectivity index (χ0n) is 6.05. The lowest BCUT2D eigenvalue weighted by molar-refractivity contribution is -0.654. The zero-order valence-corrected chi connectivity index (χ0v) is 6.05. The van der Waals surface area contributed by atoms with E-state index in [0.29, 0.717) is 18.5 Å². The smallest absolute Gasteiger partial charge is 0.278 e. The number of carbonyl (C=O) groups is 1. The van der Waals surface area contributed by atoms with Crippen molar-refractivity contribution in [1.29, 1.82) is 0 Å². The number of amides is 1. The summed E-state index contributed by atoms with van der Waals surface area (Å²) in [5.74, 6) is 0.341. The van der Waals surface area contributed by atoms with Gasteiger partial charge in [0.15, 0.2) is 6.54 Å². The maximum atomic E-state index is 11.2. The third-order valence-electron chi connectivity index (χ3n) is 2.46. The molecule has 0 spiro atoms. The van der Waals surface area contributed by atoms with Gasteiger partial charge >= 0.3 is 0 Å². The second-order valence-electron chi connectivity index (χ2n) is 3.11. The van der Waals surface area contributed by atoms with Crippen LogP contribution < -0.4 is 5.32 Å². The second kappa shape index (κ2) is 2.23. The normalized spacial score (nSPS) is 32.6. The summed E-state index contributed by atoms with van der Waals surface area (Å²) >= 11 is 0. The molecule has 0 saturated carbocycles. The maximum Gasteiger partial charge on any atom is 0.278 e. The van der Waals surface area contributed by atoms with Crippen LogP contribution >= 0.6 is 0 Å². The van der Waals surface area contributed by atoms with Crippen molar-refractivity contribution in [3.8, 4) is 0 Å². The summed E-state index contributed by atoms with van der Waals surface area (Å²) in [5, 5.41) is 2.12. The lowest BCUT2D eigenvalue weighted by atomic mass is 10.2. The predicted octanol–water partition coefficient (Wildman–Crippen LogP) is -1.45. The number of rotatable bonds is 0. The molecule has 0 bridgehead atoms. The number of hydrogen-bond donors (Lipinski definition) is 1. The van der Waals surface area contributed by atoms with Crippen molar-refractivity contribution in [3.63, 3.8) is 0 Å². The Morgan fingerprint density at radius 1 is 1.60 bits per heavy atom. The Morgan fingerprint density at radius 3 is 3.30 bits per heavy atom. The minimum atomic E-state index is 0.341. The van der Waals surface area contributed by atoms with Gasteiger partial charge in [0.1, 0.15) is 0 Å². The minimum Gasteiger partial charge on any atom is -0.337 e. The quantitative estimate of drug-likeness (QED) is 0.440. The van der Waals surface area contributed by atoms with E-state index in [4.69, 9.17) is 0 Å². The van der Waals surface area contributed by atoms with Crippen molar-refractivity contribution in [2.24, 2.45) is 0 Å². The number of nitrogens with two attached hydrogens (primary N) is 1. The van der Waals surface area contributed by atoms with E-state index in [2.05, 4.69) is 5.32 Å². The fourth-order valence-electron chi connectivity index (χ4n) is 1.93. The van der Waals surface area contributed by atoms with Gasteiger partial charge in [-0.05, 0) is 12.8 Å². The first-order valence-corrected chi connectivity index (χ1v) is 3.99. The first-order valence-electron chi connectivity index (χ1n) is 3.99. The van der Waals surface area contributed by atoms with Crippen LogP contribution in [-0.2, 0) is 4.79 Å². The van der Waals surface area contributed by atoms with Gasteiger partial charge in [0.2, 0.25) is 0 Å². The molecule has 2 rings (SSSR count). The van der Waals surface area contributed by atoms with Gasteiger partial charge < -0.3 is 10.2 Å². The van der Waals surface area contributed by atoms with Crippen LogP contribution in [-0.4, -0.2) is 36.5 Å². The first kappa shape index (κ1) is 6.16. The summed E-state index contributed by atoms with van der Waals surface area (Å²) in [5.41, 5.74) is 0. The van der Waals surface area contributed by atoms with E-state index in [1.54, 1.807) is 0 Å². The van der Waals surface area contributed by atoms with E-state index in [1.165, 1.54) is 12.8 Å². The molecular weight excluding hydrogens is 128 g/mol. The first-order chi connectivity index (χ1) is 4.88. The van der Waals surface area contributed by atoms with Gasteiger partial charge in [0.25, 0.3) is 5.91 Å². The predicted molar refractivity (Wildman–Crippen MR) is 36.4 cm³/mol. The molecular formula is C7H13N2O+. The van der Waals surface area contributed by atoms with Crippen LogP contribution in [0, 0.1) is 0 Å². The van der Waals surface area contributed by atoms with E-state index in [9.17, 15) is 4.79 Å². The summed E-state index contributed by atoms with van der Waals surface area (Å²) in [6.07, 6.45) is 2.44. The SMILES string of the molecule is O=C1C[NH2+]CC2CCCN12. The zero-order chi connectivity index (χ0) is 6.97. The van der Waals surface area contributed by atoms with Crippen LogP contribution in [0.3, 0.4) is 0 Å². The largest absolute Gasteiger partial charge is 0.337 e. The molecule has 3 heteroatoms. The van der Waals surface area contributed by atoms with Crippen molar-refractivity contribution in [1.82, 2.24) is 4.90 Å². The second-order valence-corrected chi connectivity index (χ2v) is 3.11. The van der Waals surface area contributed by atoms with E-state index in [1.807, 2.05) is 4.90 Å². The molecule has 1 amide bonds. The number of piperazine rings is 1. The monoisotopic (exact) mass is 141 g/mol. The van der Waals surface area contributed by atoms with Crippen molar-refractivity contribution < 1.29 is 10.1 Å². The summed E-state index contributed by atoms with van der Waals surface area (Å²) in [6, 6.07) is 0.571. The Hall–Kier alpha value is -0.570. The van der Waals surface area contributed by atoms with Gasteiger partial charge in [0, 0.05) is 6.54 Å². The average molecular weight is 141 g/mol. The molecule has 2 heterocycles. The highest BCUT2D eigenvalue weighted by Crippen LogP contribution is 2.16. The van der Waals surface area contributed by atoms with Crippen LogP contribution in [0.25, 0.3) is 0 Å². The van der Waals surface area contributed by atoms with Crippen LogP contribution in [0.5, 0.6) is 0 Å². The molecule has 2 aliphatic rings. The molecule has 2 aliphatic heterocycles. The lowest BCUT2D eigenvalue weighted by Crippen LogP contribution is -2.92. The number of nitrogens with zero attached hydrogens (tertiary/aromatic N) is 1. The highest BCUT2D eigenvalue weighted by atomic mass is 16.2. The Kier molecular flexibility index (Phi) is 1.38. The molecule has 0 aliphatic carbocycles. The summed E-state index contributed by atoms with van der Waals surface area (Å²) < 4.78 is 0. The van der Waals surface area contributed by atoms with Crippen LogP contribution in [0.15, 0.2) is 0 Å². The molecule has 56 valence electrons. The number of hydrogen-bond acceptors (Lipinski definition) is 1. The molecule has 10 heavy (non-hydrogen) atoms. The van der Waals surface area contributed by atoms with Crippen molar-refractivity contribution in [3.05, 3.63) is 0 Å². The number of quaternary nitrogens is 1. The number of fused-ring (bicyclic) bond motifs is 1. The lowest BCUT2D eigenvalue weighted by Gasteiger charge is -2.27. The molecule has 0 aromatic heterocycles. The molecule has 2 fully saturated rings. The van der Waals surface area contributed by atoms with Gasteiger partial charge in [-0.2, -0.15) is 0 Å². The summed E-state index contributed by atoms with van der Waals surface area (Å²) in [4.78, 5) is 13.2. The van der Waals surface area contributed by atoms with Crippen molar-refractivity contribution >= 4 is 5.91 Å². The molecule has 2 saturated heterocycles. The topological polar surface area (TPSA) is 36.9 Å². The highest BCUT2D eigenvalue weighted by Gasteiger charge is 2.33. The summed E-state index contributed by atoms with van der Waals surface area (Å²) in [6.45, 7) is 2.82. The Morgan fingerprint density at radius 2 is 2.50 bits per heavy atom. The summed E-state index contributed by atoms with van der Waals surface area (Å²) in [7, 11) is 0. The van der Waals surface area contributed by atoms with Crippen molar-refractivity contribution in [2.45, 2.75) is 18.9 Å². The van der Waals surface area contributed by atoms with Gasteiger partial charge in [-0.1, -0.05) is 0 Å². The molecule has 0 aromatic rings. The van der Waals surface area contributed by atoms with Gasteiger partial charge in [-0.25, -0.2) is 0 Å². The molecule has 1 unspecified atom stereocenters. The van der Waals surface area contributed by atoms with Crippen LogP contribution in [0.4, 0.5) is 0 Å². The molecule has 0 aromatic carbocycles. The minimum absolute atomic E-state index is 0.341. The molecule has 0 radical (unpaired) electrons. The standard InChI is InChI=1S/C7H12N2O/c10-7-5-8-4-6-2-1-3-9(6)7/h6,8H,1-5H2/p+1. The van der Waals surface area contributed by atoms with E-state index in [0.717, 1.165) is 13.1 Å². The van der Waals surface area contributed by atoms with E-state index in [-0.39, 0.29) is 0 Å². The van der Waals surface area contributed by atoms with E-state index < -0.39 is 0 Å². The third-order valence-corrected chi connectivity index (χ3v) is 2.46. The van der Waals surface area contributed by atoms with Crippen molar-refractivity contribution in [2.75, 3.05) is 19.6 Å². The Bertz CT molecular complexity index is 158.